The quantitative estimate of drug-likeness (QED) is 0.557. The molecule has 1 aliphatic carbocycles. The van der Waals surface area contributed by atoms with Crippen LogP contribution in [0.5, 0.6) is 5.75 Å². The molecular weight excluding hydrogens is 334 g/mol. The highest BCUT2D eigenvalue weighted by molar-refractivity contribution is 7.16. The third kappa shape index (κ3) is 3.21. The molecule has 6 heteroatoms. The van der Waals surface area contributed by atoms with E-state index in [-0.39, 0.29) is 6.03 Å². The number of hydrogen-bond acceptors (Lipinski definition) is 4. The first-order valence-electron chi connectivity index (χ1n) is 8.12. The molecule has 0 spiro atoms. The number of amides is 2. The Morgan fingerprint density at radius 3 is 2.76 bits per heavy atom. The van der Waals surface area contributed by atoms with Crippen LogP contribution in [-0.4, -0.2) is 17.6 Å². The van der Waals surface area contributed by atoms with Crippen LogP contribution in [0.4, 0.5) is 15.6 Å². The second-order valence-electron chi connectivity index (χ2n) is 5.66. The third-order valence-electron chi connectivity index (χ3n) is 3.96. The summed E-state index contributed by atoms with van der Waals surface area (Å²) in [5.41, 5.74) is 4.14. The number of urea groups is 1. The zero-order valence-corrected chi connectivity index (χ0v) is 14.5. The van der Waals surface area contributed by atoms with Gasteiger partial charge in [-0.1, -0.05) is 24.3 Å². The summed E-state index contributed by atoms with van der Waals surface area (Å²) in [4.78, 5) is 17.9. The minimum absolute atomic E-state index is 0.301. The van der Waals surface area contributed by atoms with E-state index in [2.05, 4.69) is 27.8 Å². The monoisotopic (exact) mass is 351 g/mol. The summed E-state index contributed by atoms with van der Waals surface area (Å²) in [7, 11) is 0. The maximum absolute atomic E-state index is 12.2. The van der Waals surface area contributed by atoms with Gasteiger partial charge in [0, 0.05) is 22.5 Å². The summed E-state index contributed by atoms with van der Waals surface area (Å²) in [5.74, 6) is 0.781. The highest BCUT2D eigenvalue weighted by atomic mass is 32.1. The minimum Gasteiger partial charge on any atom is -0.494 e. The summed E-state index contributed by atoms with van der Waals surface area (Å²) < 4.78 is 5.39. The van der Waals surface area contributed by atoms with Crippen LogP contribution in [0.25, 0.3) is 11.3 Å². The van der Waals surface area contributed by atoms with E-state index >= 15 is 0 Å². The Labute approximate surface area is 149 Å². The van der Waals surface area contributed by atoms with E-state index in [1.165, 1.54) is 21.8 Å². The van der Waals surface area contributed by atoms with Crippen LogP contribution >= 0.6 is 11.3 Å². The first-order valence-corrected chi connectivity index (χ1v) is 8.93. The Bertz CT molecular complexity index is 919. The van der Waals surface area contributed by atoms with Crippen molar-refractivity contribution in [3.63, 3.8) is 0 Å². The fraction of sp³-hybridized carbons (Fsp3) is 0.158. The van der Waals surface area contributed by atoms with Crippen molar-refractivity contribution >= 4 is 28.2 Å². The first kappa shape index (κ1) is 15.7. The van der Waals surface area contributed by atoms with Gasteiger partial charge in [0.2, 0.25) is 0 Å². The van der Waals surface area contributed by atoms with Gasteiger partial charge in [0.25, 0.3) is 0 Å². The van der Waals surface area contributed by atoms with Crippen LogP contribution in [0.15, 0.2) is 48.5 Å². The molecule has 0 bridgehead atoms. The summed E-state index contributed by atoms with van der Waals surface area (Å²) in [5, 5.41) is 6.24. The fourth-order valence-corrected chi connectivity index (χ4v) is 3.87. The van der Waals surface area contributed by atoms with Crippen molar-refractivity contribution in [3.8, 4) is 17.0 Å². The number of carbonyl (C=O) groups is 1. The van der Waals surface area contributed by atoms with E-state index in [0.717, 1.165) is 23.4 Å². The molecule has 2 N–H and O–H groups in total. The molecule has 5 nitrogen and oxygen atoms in total. The van der Waals surface area contributed by atoms with E-state index in [1.54, 1.807) is 0 Å². The fourth-order valence-electron chi connectivity index (χ4n) is 2.87. The van der Waals surface area contributed by atoms with Gasteiger partial charge in [-0.25, -0.2) is 9.78 Å². The zero-order chi connectivity index (χ0) is 17.2. The molecule has 126 valence electrons. The molecule has 0 saturated carbocycles. The van der Waals surface area contributed by atoms with Crippen molar-refractivity contribution in [3.05, 3.63) is 59.0 Å². The number of fused-ring (bicyclic) bond motifs is 3. The van der Waals surface area contributed by atoms with Gasteiger partial charge in [0.05, 0.1) is 12.3 Å². The van der Waals surface area contributed by atoms with Gasteiger partial charge in [-0.15, -0.1) is 11.3 Å². The number of nitrogens with one attached hydrogen (secondary N) is 2. The summed E-state index contributed by atoms with van der Waals surface area (Å²) in [6.07, 6.45) is 0.880. The molecule has 2 amide bonds. The number of rotatable bonds is 4. The van der Waals surface area contributed by atoms with Crippen molar-refractivity contribution < 1.29 is 9.53 Å². The van der Waals surface area contributed by atoms with Gasteiger partial charge in [-0.2, -0.15) is 0 Å². The number of aromatic nitrogens is 1. The van der Waals surface area contributed by atoms with Crippen LogP contribution in [0.2, 0.25) is 0 Å². The summed E-state index contributed by atoms with van der Waals surface area (Å²) in [6, 6.07) is 15.2. The standard InChI is InChI=1S/C19H17N3O2S/c1-2-24-14-9-7-13(8-10-14)20-18(23)22-19-21-17-15-6-4-3-5-12(15)11-16(17)25-19/h3-10H,2,11H2,1H3,(H2,20,21,22,23). The Morgan fingerprint density at radius 1 is 1.16 bits per heavy atom. The average Bonchev–Trinajstić information content (AvgIpc) is 3.14. The van der Waals surface area contributed by atoms with Crippen LogP contribution in [0, 0.1) is 0 Å². The predicted molar refractivity (Wildman–Crippen MR) is 101 cm³/mol. The predicted octanol–water partition coefficient (Wildman–Crippen LogP) is 4.76. The number of benzene rings is 2. The average molecular weight is 351 g/mol. The van der Waals surface area contributed by atoms with Gasteiger partial charge < -0.3 is 10.1 Å². The molecule has 2 aromatic carbocycles. The molecule has 1 aromatic heterocycles. The van der Waals surface area contributed by atoms with Crippen molar-refractivity contribution in [1.82, 2.24) is 4.98 Å². The lowest BCUT2D eigenvalue weighted by molar-refractivity contribution is 0.262. The molecule has 0 radical (unpaired) electrons. The second kappa shape index (κ2) is 6.57. The van der Waals surface area contributed by atoms with Gasteiger partial charge in [0.1, 0.15) is 5.75 Å². The maximum atomic E-state index is 12.2. The molecule has 0 saturated heterocycles. The molecule has 0 atom stereocenters. The van der Waals surface area contributed by atoms with Gasteiger partial charge in [-0.05, 0) is 36.8 Å². The number of ether oxygens (including phenoxy) is 1. The van der Waals surface area contributed by atoms with Crippen LogP contribution in [0.3, 0.4) is 0 Å². The van der Waals surface area contributed by atoms with Gasteiger partial charge in [0.15, 0.2) is 5.13 Å². The molecule has 0 aliphatic heterocycles. The van der Waals surface area contributed by atoms with Crippen molar-refractivity contribution in [2.45, 2.75) is 13.3 Å². The molecule has 4 rings (SSSR count). The van der Waals surface area contributed by atoms with E-state index in [9.17, 15) is 4.79 Å². The van der Waals surface area contributed by atoms with E-state index in [1.807, 2.05) is 43.3 Å². The highest BCUT2D eigenvalue weighted by Crippen LogP contribution is 2.40. The highest BCUT2D eigenvalue weighted by Gasteiger charge is 2.23. The number of anilines is 2. The van der Waals surface area contributed by atoms with Crippen LogP contribution in [-0.2, 0) is 6.42 Å². The lowest BCUT2D eigenvalue weighted by Gasteiger charge is -2.07. The smallest absolute Gasteiger partial charge is 0.325 e. The largest absolute Gasteiger partial charge is 0.494 e. The van der Waals surface area contributed by atoms with Crippen LogP contribution in [0.1, 0.15) is 17.4 Å². The Hall–Kier alpha value is -2.86. The molecular formula is C19H17N3O2S. The lowest BCUT2D eigenvalue weighted by Crippen LogP contribution is -2.19. The maximum Gasteiger partial charge on any atom is 0.325 e. The normalized spacial score (nSPS) is 11.6. The van der Waals surface area contributed by atoms with E-state index in [0.29, 0.717) is 17.4 Å². The molecule has 0 fully saturated rings. The topological polar surface area (TPSA) is 63.2 Å². The van der Waals surface area contributed by atoms with Gasteiger partial charge in [-0.3, -0.25) is 5.32 Å². The lowest BCUT2D eigenvalue weighted by atomic mass is 10.1. The van der Waals surface area contributed by atoms with E-state index in [4.69, 9.17) is 4.74 Å². The number of hydrogen-bond donors (Lipinski definition) is 2. The van der Waals surface area contributed by atoms with E-state index < -0.39 is 0 Å². The zero-order valence-electron chi connectivity index (χ0n) is 13.7. The molecule has 1 aliphatic rings. The number of thiazole rings is 1. The van der Waals surface area contributed by atoms with Crippen LogP contribution < -0.4 is 15.4 Å². The van der Waals surface area contributed by atoms with Crippen molar-refractivity contribution in [2.75, 3.05) is 17.2 Å². The molecule has 3 aromatic rings. The first-order chi connectivity index (χ1) is 12.2. The SMILES string of the molecule is CCOc1ccc(NC(=O)Nc2nc3c(s2)Cc2ccccc2-3)cc1. The number of nitrogens with zero attached hydrogens (tertiary/aromatic N) is 1. The Balaban J connectivity index is 1.42. The molecule has 0 unspecified atom stereocenters. The summed E-state index contributed by atoms with van der Waals surface area (Å²) >= 11 is 1.52. The van der Waals surface area contributed by atoms with Gasteiger partial charge >= 0.3 is 6.03 Å². The van der Waals surface area contributed by atoms with Crippen molar-refractivity contribution in [2.24, 2.45) is 0 Å². The summed E-state index contributed by atoms with van der Waals surface area (Å²) in [6.45, 7) is 2.55. The molecule has 25 heavy (non-hydrogen) atoms. The Kier molecular flexibility index (Phi) is 4.11. The third-order valence-corrected chi connectivity index (χ3v) is 4.94. The molecule has 1 heterocycles. The Morgan fingerprint density at radius 2 is 1.96 bits per heavy atom. The number of carbonyl (C=O) groups excluding carboxylic acids is 1. The second-order valence-corrected chi connectivity index (χ2v) is 6.74. The minimum atomic E-state index is -0.301. The van der Waals surface area contributed by atoms with Crippen molar-refractivity contribution in [1.29, 1.82) is 0 Å².